The van der Waals surface area contributed by atoms with Crippen LogP contribution in [0.25, 0.3) is 11.0 Å². The van der Waals surface area contributed by atoms with Crippen molar-refractivity contribution in [1.29, 1.82) is 0 Å². The molecule has 0 unspecified atom stereocenters. The molecule has 7 heteroatoms. The molecule has 0 N–H and O–H groups in total. The van der Waals surface area contributed by atoms with E-state index in [2.05, 4.69) is 0 Å². The lowest BCUT2D eigenvalue weighted by Gasteiger charge is -2.07. The van der Waals surface area contributed by atoms with Gasteiger partial charge in [-0.05, 0) is 31.2 Å². The summed E-state index contributed by atoms with van der Waals surface area (Å²) in [5, 5.41) is 0. The normalized spacial score (nSPS) is 11.7. The number of para-hydroxylation sites is 3. The second-order valence-corrected chi connectivity index (χ2v) is 7.02. The average Bonchev–Trinajstić information content (AvgIpc) is 2.84. The molecule has 0 aliphatic heterocycles. The highest BCUT2D eigenvalue weighted by Crippen LogP contribution is 2.14. The van der Waals surface area contributed by atoms with E-state index in [4.69, 9.17) is 4.18 Å². The van der Waals surface area contributed by atoms with Crippen LogP contribution in [0.5, 0.6) is 5.75 Å². The standard InChI is InChI=1S/C17H18N2O4S/c1-2-18-15-10-6-7-11-16(15)19(17(18)20)12-13-24(21,22)23-14-8-4-3-5-9-14/h3-11H,2,12-13H2,1H3. The molecule has 0 aliphatic rings. The van der Waals surface area contributed by atoms with Gasteiger partial charge in [0, 0.05) is 13.1 Å². The lowest BCUT2D eigenvalue weighted by atomic mass is 10.3. The maximum atomic E-state index is 12.5. The van der Waals surface area contributed by atoms with E-state index in [1.165, 1.54) is 4.57 Å². The monoisotopic (exact) mass is 346 g/mol. The number of rotatable bonds is 6. The molecule has 3 rings (SSSR count). The minimum absolute atomic E-state index is 0.0432. The summed E-state index contributed by atoms with van der Waals surface area (Å²) in [5.74, 6) is -0.0136. The molecule has 0 bridgehead atoms. The Morgan fingerprint density at radius 2 is 1.50 bits per heavy atom. The largest absolute Gasteiger partial charge is 0.382 e. The van der Waals surface area contributed by atoms with Crippen LogP contribution in [0.1, 0.15) is 6.92 Å². The fraction of sp³-hybridized carbons (Fsp3) is 0.235. The highest BCUT2D eigenvalue weighted by molar-refractivity contribution is 7.87. The molecule has 0 saturated carbocycles. The van der Waals surface area contributed by atoms with Crippen LogP contribution in [0.4, 0.5) is 0 Å². The van der Waals surface area contributed by atoms with E-state index >= 15 is 0 Å². The lowest BCUT2D eigenvalue weighted by Crippen LogP contribution is -2.27. The summed E-state index contributed by atoms with van der Waals surface area (Å²) in [6, 6.07) is 15.7. The number of hydrogen-bond acceptors (Lipinski definition) is 4. The van der Waals surface area contributed by atoms with Gasteiger partial charge < -0.3 is 4.18 Å². The van der Waals surface area contributed by atoms with Gasteiger partial charge in [0.15, 0.2) is 0 Å². The Bertz CT molecular complexity index is 1000. The van der Waals surface area contributed by atoms with Gasteiger partial charge in [0.05, 0.1) is 11.0 Å². The topological polar surface area (TPSA) is 70.3 Å². The number of nitrogens with zero attached hydrogens (tertiary/aromatic N) is 2. The van der Waals surface area contributed by atoms with E-state index in [1.807, 2.05) is 31.2 Å². The van der Waals surface area contributed by atoms with Crippen molar-refractivity contribution >= 4 is 21.2 Å². The number of imidazole rings is 1. The summed E-state index contributed by atoms with van der Waals surface area (Å²) < 4.78 is 32.5. The number of benzene rings is 2. The molecule has 0 fully saturated rings. The van der Waals surface area contributed by atoms with Gasteiger partial charge in [0.25, 0.3) is 0 Å². The molecule has 2 aromatic carbocycles. The van der Waals surface area contributed by atoms with Crippen molar-refractivity contribution in [3.8, 4) is 5.75 Å². The molecule has 0 aliphatic carbocycles. The SMILES string of the molecule is CCn1c(=O)n(CCS(=O)(=O)Oc2ccccc2)c2ccccc21. The van der Waals surface area contributed by atoms with Crippen LogP contribution in [0.3, 0.4) is 0 Å². The van der Waals surface area contributed by atoms with E-state index in [9.17, 15) is 13.2 Å². The molecular formula is C17H18N2O4S. The second kappa shape index (κ2) is 6.52. The molecule has 0 saturated heterocycles. The zero-order chi connectivity index (χ0) is 17.2. The molecule has 6 nitrogen and oxygen atoms in total. The van der Waals surface area contributed by atoms with Gasteiger partial charge in [-0.3, -0.25) is 9.13 Å². The fourth-order valence-electron chi connectivity index (χ4n) is 2.66. The van der Waals surface area contributed by atoms with Crippen LogP contribution >= 0.6 is 0 Å². The molecule has 0 atom stereocenters. The third kappa shape index (κ3) is 3.21. The van der Waals surface area contributed by atoms with Crippen LogP contribution in [-0.4, -0.2) is 23.3 Å². The van der Waals surface area contributed by atoms with Gasteiger partial charge in [0.1, 0.15) is 11.5 Å². The first kappa shape index (κ1) is 16.3. The first-order chi connectivity index (χ1) is 11.5. The lowest BCUT2D eigenvalue weighted by molar-refractivity contribution is 0.481. The highest BCUT2D eigenvalue weighted by atomic mass is 32.2. The molecule has 3 aromatic rings. The van der Waals surface area contributed by atoms with Gasteiger partial charge in [-0.1, -0.05) is 30.3 Å². The Hall–Kier alpha value is -2.54. The molecule has 0 spiro atoms. The summed E-state index contributed by atoms with van der Waals surface area (Å²) in [4.78, 5) is 12.5. The molecule has 126 valence electrons. The average molecular weight is 346 g/mol. The van der Waals surface area contributed by atoms with E-state index in [0.717, 1.165) is 11.0 Å². The highest BCUT2D eigenvalue weighted by Gasteiger charge is 2.17. The van der Waals surface area contributed by atoms with Crippen LogP contribution in [-0.2, 0) is 23.2 Å². The van der Waals surface area contributed by atoms with Crippen molar-refractivity contribution in [1.82, 2.24) is 9.13 Å². The maximum absolute atomic E-state index is 12.5. The van der Waals surface area contributed by atoms with E-state index in [1.54, 1.807) is 34.9 Å². The summed E-state index contributed by atoms with van der Waals surface area (Å²) >= 11 is 0. The summed E-state index contributed by atoms with van der Waals surface area (Å²) in [7, 11) is -3.78. The fourth-order valence-corrected chi connectivity index (χ4v) is 3.56. The molecule has 1 heterocycles. The van der Waals surface area contributed by atoms with Crippen LogP contribution < -0.4 is 9.87 Å². The van der Waals surface area contributed by atoms with Crippen LogP contribution in [0.2, 0.25) is 0 Å². The minimum Gasteiger partial charge on any atom is -0.382 e. The van der Waals surface area contributed by atoms with Crippen molar-refractivity contribution < 1.29 is 12.6 Å². The van der Waals surface area contributed by atoms with Gasteiger partial charge >= 0.3 is 15.8 Å². The quantitative estimate of drug-likeness (QED) is 0.642. The summed E-state index contributed by atoms with van der Waals surface area (Å²) in [6.45, 7) is 2.45. The van der Waals surface area contributed by atoms with E-state index in [-0.39, 0.29) is 23.7 Å². The van der Waals surface area contributed by atoms with Crippen molar-refractivity contribution in [2.45, 2.75) is 20.0 Å². The predicted octanol–water partition coefficient (Wildman–Crippen LogP) is 2.23. The summed E-state index contributed by atoms with van der Waals surface area (Å²) in [6.07, 6.45) is 0. The van der Waals surface area contributed by atoms with Crippen LogP contribution in [0.15, 0.2) is 59.4 Å². The Kier molecular flexibility index (Phi) is 4.44. The second-order valence-electron chi connectivity index (χ2n) is 5.33. The Morgan fingerprint density at radius 1 is 0.917 bits per heavy atom. The first-order valence-electron chi connectivity index (χ1n) is 7.67. The smallest absolute Gasteiger partial charge is 0.329 e. The van der Waals surface area contributed by atoms with Crippen molar-refractivity contribution in [2.24, 2.45) is 0 Å². The zero-order valence-electron chi connectivity index (χ0n) is 13.3. The Morgan fingerprint density at radius 3 is 2.12 bits per heavy atom. The van der Waals surface area contributed by atoms with Gasteiger partial charge in [-0.25, -0.2) is 4.79 Å². The van der Waals surface area contributed by atoms with Crippen molar-refractivity contribution in [2.75, 3.05) is 5.75 Å². The third-order valence-electron chi connectivity index (χ3n) is 3.77. The molecular weight excluding hydrogens is 328 g/mol. The van der Waals surface area contributed by atoms with Crippen molar-refractivity contribution in [3.63, 3.8) is 0 Å². The number of fused-ring (bicyclic) bond motifs is 1. The molecule has 0 radical (unpaired) electrons. The Labute approximate surface area is 140 Å². The van der Waals surface area contributed by atoms with Crippen LogP contribution in [0, 0.1) is 0 Å². The van der Waals surface area contributed by atoms with E-state index in [0.29, 0.717) is 6.54 Å². The van der Waals surface area contributed by atoms with Gasteiger partial charge in [-0.15, -0.1) is 0 Å². The zero-order valence-corrected chi connectivity index (χ0v) is 14.1. The number of aromatic nitrogens is 2. The Balaban J connectivity index is 1.86. The van der Waals surface area contributed by atoms with E-state index < -0.39 is 10.1 Å². The molecule has 0 amide bonds. The maximum Gasteiger partial charge on any atom is 0.329 e. The minimum atomic E-state index is -3.78. The third-order valence-corrected chi connectivity index (χ3v) is 4.90. The number of hydrogen-bond donors (Lipinski definition) is 0. The van der Waals surface area contributed by atoms with Crippen molar-refractivity contribution in [3.05, 3.63) is 65.1 Å². The van der Waals surface area contributed by atoms with Gasteiger partial charge in [-0.2, -0.15) is 8.42 Å². The predicted molar refractivity (Wildman–Crippen MR) is 92.7 cm³/mol. The summed E-state index contributed by atoms with van der Waals surface area (Å²) in [5.41, 5.74) is 1.30. The number of aryl methyl sites for hydroxylation is 2. The first-order valence-corrected chi connectivity index (χ1v) is 9.25. The molecule has 1 aromatic heterocycles. The molecule has 24 heavy (non-hydrogen) atoms. The van der Waals surface area contributed by atoms with Gasteiger partial charge in [0.2, 0.25) is 0 Å².